The molecule has 0 atom stereocenters. The minimum absolute atomic E-state index is 0.533. The molecular weight excluding hydrogens is 340 g/mol. The van der Waals surface area contributed by atoms with Crippen LogP contribution in [0.1, 0.15) is 16.7 Å². The third kappa shape index (κ3) is 5.06. The summed E-state index contributed by atoms with van der Waals surface area (Å²) >= 11 is 6.05. The number of halogens is 1. The Morgan fingerprint density at radius 2 is 1.80 bits per heavy atom. The van der Waals surface area contributed by atoms with Crippen molar-refractivity contribution in [3.05, 3.63) is 58.1 Å². The molecule has 0 aliphatic rings. The molecule has 7 heteroatoms. The molecule has 0 bridgehead atoms. The summed E-state index contributed by atoms with van der Waals surface area (Å²) in [4.78, 5) is 22.6. The van der Waals surface area contributed by atoms with Gasteiger partial charge in [0.1, 0.15) is 0 Å². The molecule has 0 saturated carbocycles. The highest BCUT2D eigenvalue weighted by molar-refractivity contribution is 6.35. The van der Waals surface area contributed by atoms with Gasteiger partial charge in [-0.15, -0.1) is 0 Å². The van der Waals surface area contributed by atoms with Gasteiger partial charge in [0, 0.05) is 29.0 Å². The van der Waals surface area contributed by atoms with Gasteiger partial charge >= 0.3 is 11.8 Å². The zero-order valence-corrected chi connectivity index (χ0v) is 14.9. The maximum absolute atomic E-state index is 11.4. The Bertz CT molecular complexity index is 834. The van der Waals surface area contributed by atoms with Gasteiger partial charge in [-0.1, -0.05) is 23.7 Å². The van der Waals surface area contributed by atoms with Crippen LogP contribution in [0.5, 0.6) is 0 Å². The van der Waals surface area contributed by atoms with Crippen LogP contribution >= 0.6 is 11.6 Å². The van der Waals surface area contributed by atoms with Crippen molar-refractivity contribution in [2.45, 2.75) is 13.8 Å². The van der Waals surface area contributed by atoms with Crippen LogP contribution in [-0.4, -0.2) is 25.1 Å². The van der Waals surface area contributed by atoms with Crippen LogP contribution in [0.3, 0.4) is 0 Å². The lowest BCUT2D eigenvalue weighted by Crippen LogP contribution is -2.35. The second-order valence-corrected chi connectivity index (χ2v) is 5.89. The fourth-order valence-electron chi connectivity index (χ4n) is 2.09. The van der Waals surface area contributed by atoms with E-state index in [1.165, 1.54) is 13.3 Å². The Balaban J connectivity index is 2.24. The second kappa shape index (κ2) is 8.30. The number of nitrogens with zero attached hydrogens (tertiary/aromatic N) is 1. The lowest BCUT2D eigenvalue weighted by atomic mass is 10.1. The summed E-state index contributed by atoms with van der Waals surface area (Å²) in [5, 5.41) is 9.90. The first-order valence-electron chi connectivity index (χ1n) is 7.59. The quantitative estimate of drug-likeness (QED) is 0.446. The number of carbonyl (C=O) groups excluding carboxylic acids is 2. The Morgan fingerprint density at radius 3 is 2.52 bits per heavy atom. The molecule has 0 fully saturated rings. The number of carbonyl (C=O) groups is 2. The van der Waals surface area contributed by atoms with Gasteiger partial charge in [0.15, 0.2) is 0 Å². The number of nitrogens with one attached hydrogen (secondary N) is 3. The van der Waals surface area contributed by atoms with Gasteiger partial charge in [-0.2, -0.15) is 5.10 Å². The third-order valence-electron chi connectivity index (χ3n) is 3.48. The minimum Gasteiger partial charge on any atom is -0.355 e. The number of likely N-dealkylation sites (N-methyl/N-ethyl adjacent to an activating group) is 1. The average Bonchev–Trinajstić information content (AvgIpc) is 2.59. The van der Waals surface area contributed by atoms with E-state index >= 15 is 0 Å². The summed E-state index contributed by atoms with van der Waals surface area (Å²) in [6, 6.07) is 11.4. The molecule has 2 aromatic rings. The molecule has 2 aromatic carbocycles. The number of aryl methyl sites for hydroxylation is 2. The summed E-state index contributed by atoms with van der Waals surface area (Å²) in [6.45, 7) is 4.03. The van der Waals surface area contributed by atoms with Crippen LogP contribution in [0, 0.1) is 13.8 Å². The normalized spacial score (nSPS) is 10.6. The molecule has 25 heavy (non-hydrogen) atoms. The number of benzene rings is 2. The maximum Gasteiger partial charge on any atom is 0.329 e. The molecule has 0 aliphatic carbocycles. The molecule has 0 aliphatic heterocycles. The molecule has 0 heterocycles. The largest absolute Gasteiger partial charge is 0.355 e. The Labute approximate surface area is 151 Å². The van der Waals surface area contributed by atoms with E-state index in [4.69, 9.17) is 11.6 Å². The van der Waals surface area contributed by atoms with Crippen molar-refractivity contribution in [2.24, 2.45) is 5.10 Å². The Morgan fingerprint density at radius 1 is 1.04 bits per heavy atom. The number of hydrazone groups is 1. The van der Waals surface area contributed by atoms with Crippen LogP contribution in [0.4, 0.5) is 11.4 Å². The number of hydrogen-bond acceptors (Lipinski definition) is 4. The molecule has 0 saturated heterocycles. The summed E-state index contributed by atoms with van der Waals surface area (Å²) < 4.78 is 0. The first kappa shape index (κ1) is 18.5. The SMILES string of the molecule is CNC(=O)C(=O)N/N=C\c1cc(Cl)ccc1Nc1cc(C)ccc1C. The highest BCUT2D eigenvalue weighted by atomic mass is 35.5. The molecule has 2 amide bonds. The highest BCUT2D eigenvalue weighted by Gasteiger charge is 2.09. The molecule has 0 unspecified atom stereocenters. The van der Waals surface area contributed by atoms with Gasteiger partial charge in [-0.05, 0) is 49.2 Å². The smallest absolute Gasteiger partial charge is 0.329 e. The fourth-order valence-corrected chi connectivity index (χ4v) is 2.28. The van der Waals surface area contributed by atoms with Gasteiger partial charge in [0.25, 0.3) is 0 Å². The van der Waals surface area contributed by atoms with Gasteiger partial charge in [-0.3, -0.25) is 9.59 Å². The van der Waals surface area contributed by atoms with Gasteiger partial charge < -0.3 is 10.6 Å². The van der Waals surface area contributed by atoms with E-state index < -0.39 is 11.8 Å². The third-order valence-corrected chi connectivity index (χ3v) is 3.71. The van der Waals surface area contributed by atoms with E-state index in [1.807, 2.05) is 38.1 Å². The molecule has 130 valence electrons. The molecule has 0 aromatic heterocycles. The predicted octanol–water partition coefficient (Wildman–Crippen LogP) is 2.90. The molecule has 3 N–H and O–H groups in total. The Hall–Kier alpha value is -2.86. The predicted molar refractivity (Wildman–Crippen MR) is 100 cm³/mol. The van der Waals surface area contributed by atoms with E-state index in [1.54, 1.807) is 12.1 Å². The second-order valence-electron chi connectivity index (χ2n) is 5.45. The number of anilines is 2. The van der Waals surface area contributed by atoms with Crippen LogP contribution in [0.25, 0.3) is 0 Å². The van der Waals surface area contributed by atoms with Crippen molar-refractivity contribution in [1.82, 2.24) is 10.7 Å². The Kier molecular flexibility index (Phi) is 6.14. The molecule has 2 rings (SSSR count). The summed E-state index contributed by atoms with van der Waals surface area (Å²) in [7, 11) is 1.37. The molecule has 6 nitrogen and oxygen atoms in total. The monoisotopic (exact) mass is 358 g/mol. The maximum atomic E-state index is 11.4. The molecule has 0 spiro atoms. The van der Waals surface area contributed by atoms with Crippen molar-refractivity contribution in [2.75, 3.05) is 12.4 Å². The van der Waals surface area contributed by atoms with Crippen molar-refractivity contribution in [1.29, 1.82) is 0 Å². The van der Waals surface area contributed by atoms with Crippen molar-refractivity contribution < 1.29 is 9.59 Å². The summed E-state index contributed by atoms with van der Waals surface area (Å²) in [6.07, 6.45) is 1.43. The van der Waals surface area contributed by atoms with E-state index in [0.29, 0.717) is 10.6 Å². The van der Waals surface area contributed by atoms with Crippen LogP contribution < -0.4 is 16.1 Å². The average molecular weight is 359 g/mol. The lowest BCUT2D eigenvalue weighted by Gasteiger charge is -2.13. The van der Waals surface area contributed by atoms with E-state index in [2.05, 4.69) is 21.2 Å². The van der Waals surface area contributed by atoms with Gasteiger partial charge in [-0.25, -0.2) is 5.43 Å². The van der Waals surface area contributed by atoms with Gasteiger partial charge in [0.2, 0.25) is 0 Å². The summed E-state index contributed by atoms with van der Waals surface area (Å²) in [5.74, 6) is -1.61. The van der Waals surface area contributed by atoms with E-state index in [9.17, 15) is 9.59 Å². The van der Waals surface area contributed by atoms with Crippen molar-refractivity contribution >= 4 is 41.0 Å². The molecule has 0 radical (unpaired) electrons. The van der Waals surface area contributed by atoms with E-state index in [-0.39, 0.29) is 0 Å². The van der Waals surface area contributed by atoms with Crippen molar-refractivity contribution in [3.8, 4) is 0 Å². The first-order valence-corrected chi connectivity index (χ1v) is 7.97. The van der Waals surface area contributed by atoms with Crippen LogP contribution in [0.15, 0.2) is 41.5 Å². The fraction of sp³-hybridized carbons (Fsp3) is 0.167. The van der Waals surface area contributed by atoms with E-state index in [0.717, 1.165) is 22.5 Å². The highest BCUT2D eigenvalue weighted by Crippen LogP contribution is 2.26. The standard InChI is InChI=1S/C18H19ClN4O2/c1-11-4-5-12(2)16(8-11)22-15-7-6-14(19)9-13(15)10-21-23-18(25)17(24)20-3/h4-10,22H,1-3H3,(H,20,24)(H,23,25)/b21-10-. The zero-order chi connectivity index (χ0) is 18.4. The van der Waals surface area contributed by atoms with Crippen molar-refractivity contribution in [3.63, 3.8) is 0 Å². The zero-order valence-electron chi connectivity index (χ0n) is 14.2. The summed E-state index contributed by atoms with van der Waals surface area (Å²) in [5.41, 5.74) is 6.80. The molecular formula is C18H19ClN4O2. The number of rotatable bonds is 4. The minimum atomic E-state index is -0.843. The van der Waals surface area contributed by atoms with Gasteiger partial charge in [0.05, 0.1) is 6.21 Å². The number of hydrogen-bond donors (Lipinski definition) is 3. The lowest BCUT2D eigenvalue weighted by molar-refractivity contribution is -0.138. The topological polar surface area (TPSA) is 82.6 Å². The number of amides is 2. The first-order chi connectivity index (χ1) is 11.9. The van der Waals surface area contributed by atoms with Crippen LogP contribution in [0.2, 0.25) is 5.02 Å². The van der Waals surface area contributed by atoms with Crippen LogP contribution in [-0.2, 0) is 9.59 Å².